The van der Waals surface area contributed by atoms with E-state index in [0.29, 0.717) is 17.7 Å². The Morgan fingerprint density at radius 1 is 1.00 bits per heavy atom. The lowest BCUT2D eigenvalue weighted by atomic mass is 10.1. The molecule has 1 aliphatic rings. The van der Waals surface area contributed by atoms with E-state index in [4.69, 9.17) is 0 Å². The number of rotatable bonds is 4. The van der Waals surface area contributed by atoms with Crippen molar-refractivity contribution in [3.05, 3.63) is 89.0 Å². The second kappa shape index (κ2) is 7.61. The van der Waals surface area contributed by atoms with Crippen molar-refractivity contribution in [2.75, 3.05) is 9.62 Å². The Morgan fingerprint density at radius 2 is 1.73 bits per heavy atom. The number of hydrogen-bond acceptors (Lipinski definition) is 3. The third kappa shape index (κ3) is 3.71. The van der Waals surface area contributed by atoms with Crippen LogP contribution in [0.15, 0.2) is 71.6 Å². The number of anilines is 2. The molecule has 4 rings (SSSR count). The van der Waals surface area contributed by atoms with Gasteiger partial charge in [-0.05, 0) is 74.7 Å². The van der Waals surface area contributed by atoms with Gasteiger partial charge in [-0.3, -0.25) is 9.52 Å². The molecule has 0 aromatic heterocycles. The first-order valence-electron chi connectivity index (χ1n) is 9.88. The summed E-state index contributed by atoms with van der Waals surface area (Å²) in [4.78, 5) is 14.9. The average molecular weight is 421 g/mol. The predicted molar refractivity (Wildman–Crippen MR) is 120 cm³/mol. The minimum Gasteiger partial charge on any atom is -0.305 e. The van der Waals surface area contributed by atoms with Crippen LogP contribution in [0.2, 0.25) is 0 Å². The summed E-state index contributed by atoms with van der Waals surface area (Å²) >= 11 is 0. The lowest BCUT2D eigenvalue weighted by Gasteiger charge is -2.23. The van der Waals surface area contributed by atoms with E-state index in [-0.39, 0.29) is 16.8 Å². The molecule has 0 bridgehead atoms. The average Bonchev–Trinajstić information content (AvgIpc) is 3.05. The minimum atomic E-state index is -3.73. The van der Waals surface area contributed by atoms with Crippen molar-refractivity contribution in [3.8, 4) is 0 Å². The molecule has 1 atom stereocenters. The fraction of sp³-hybridized carbons (Fsp3) is 0.208. The lowest BCUT2D eigenvalue weighted by molar-refractivity contribution is 0.0981. The fourth-order valence-corrected chi connectivity index (χ4v) is 5.12. The molecule has 30 heavy (non-hydrogen) atoms. The number of carbonyl (C=O) groups excluding carboxylic acids is 1. The molecule has 0 radical (unpaired) electrons. The van der Waals surface area contributed by atoms with Crippen LogP contribution in [-0.2, 0) is 16.4 Å². The maximum Gasteiger partial charge on any atom is 0.261 e. The molecule has 1 heterocycles. The molecule has 0 unspecified atom stereocenters. The van der Waals surface area contributed by atoms with Gasteiger partial charge in [0.25, 0.3) is 15.9 Å². The van der Waals surface area contributed by atoms with Crippen LogP contribution in [-0.4, -0.2) is 20.4 Å². The van der Waals surface area contributed by atoms with Crippen molar-refractivity contribution in [1.29, 1.82) is 0 Å². The molecule has 154 valence electrons. The number of benzene rings is 3. The highest BCUT2D eigenvalue weighted by Crippen LogP contribution is 2.35. The molecular formula is C24H24N2O3S. The van der Waals surface area contributed by atoms with Crippen molar-refractivity contribution in [2.45, 2.75) is 38.1 Å². The van der Waals surface area contributed by atoms with Gasteiger partial charge in [0.2, 0.25) is 0 Å². The summed E-state index contributed by atoms with van der Waals surface area (Å²) in [5.41, 5.74) is 4.75. The number of nitrogens with one attached hydrogen (secondary N) is 1. The van der Waals surface area contributed by atoms with E-state index in [1.54, 1.807) is 41.3 Å². The summed E-state index contributed by atoms with van der Waals surface area (Å²) in [7, 11) is -3.73. The van der Waals surface area contributed by atoms with Gasteiger partial charge in [-0.2, -0.15) is 0 Å². The summed E-state index contributed by atoms with van der Waals surface area (Å²) in [6.45, 7) is 5.82. The SMILES string of the molecule is Cc1ccc(NS(=O)(=O)c2ccc3c(c2)C[C@H](C)N3C(=O)c2ccccc2)c(C)c1. The van der Waals surface area contributed by atoms with Crippen LogP contribution in [0.4, 0.5) is 11.4 Å². The Balaban J connectivity index is 1.64. The quantitative estimate of drug-likeness (QED) is 0.666. The van der Waals surface area contributed by atoms with E-state index in [1.807, 2.05) is 51.1 Å². The maximum absolute atomic E-state index is 13.0. The first-order valence-corrected chi connectivity index (χ1v) is 11.4. The largest absolute Gasteiger partial charge is 0.305 e. The van der Waals surface area contributed by atoms with Crippen LogP contribution in [0.3, 0.4) is 0 Å². The molecule has 5 nitrogen and oxygen atoms in total. The topological polar surface area (TPSA) is 66.5 Å². The van der Waals surface area contributed by atoms with Crippen molar-refractivity contribution in [1.82, 2.24) is 0 Å². The molecule has 3 aromatic carbocycles. The first-order chi connectivity index (χ1) is 14.3. The molecule has 0 aliphatic carbocycles. The van der Waals surface area contributed by atoms with Crippen LogP contribution < -0.4 is 9.62 Å². The van der Waals surface area contributed by atoms with E-state index in [9.17, 15) is 13.2 Å². The number of nitrogens with zero attached hydrogens (tertiary/aromatic N) is 1. The number of aryl methyl sites for hydroxylation is 2. The Labute approximate surface area is 177 Å². The van der Waals surface area contributed by atoms with Gasteiger partial charge >= 0.3 is 0 Å². The van der Waals surface area contributed by atoms with Gasteiger partial charge in [0.05, 0.1) is 10.6 Å². The molecule has 0 saturated carbocycles. The second-order valence-corrected chi connectivity index (χ2v) is 9.49. The standard InChI is InChI=1S/C24H24N2O3S/c1-16-9-11-22(17(2)13-16)25-30(28,29)21-10-12-23-20(15-21)14-18(3)26(23)24(27)19-7-5-4-6-8-19/h4-13,15,18,25H,14H2,1-3H3/t18-/m0/s1. The molecule has 3 aromatic rings. The zero-order valence-corrected chi connectivity index (χ0v) is 18.0. The Hall–Kier alpha value is -3.12. The Morgan fingerprint density at radius 3 is 2.43 bits per heavy atom. The van der Waals surface area contributed by atoms with Gasteiger partial charge in [-0.15, -0.1) is 0 Å². The molecule has 0 fully saturated rings. The molecule has 1 aliphatic heterocycles. The van der Waals surface area contributed by atoms with Gasteiger partial charge < -0.3 is 4.90 Å². The zero-order valence-electron chi connectivity index (χ0n) is 17.2. The van der Waals surface area contributed by atoms with Crippen molar-refractivity contribution in [3.63, 3.8) is 0 Å². The minimum absolute atomic E-state index is 0.0436. The number of carbonyl (C=O) groups is 1. The monoisotopic (exact) mass is 420 g/mol. The van der Waals surface area contributed by atoms with Crippen LogP contribution in [0.5, 0.6) is 0 Å². The van der Waals surface area contributed by atoms with Gasteiger partial charge in [0.1, 0.15) is 0 Å². The number of hydrogen-bond donors (Lipinski definition) is 1. The highest BCUT2D eigenvalue weighted by molar-refractivity contribution is 7.92. The molecule has 0 spiro atoms. The molecule has 1 amide bonds. The van der Waals surface area contributed by atoms with Gasteiger partial charge in [0.15, 0.2) is 0 Å². The second-order valence-electron chi connectivity index (χ2n) is 7.81. The van der Waals surface area contributed by atoms with Gasteiger partial charge in [0, 0.05) is 17.3 Å². The summed E-state index contributed by atoms with van der Waals surface area (Å²) in [5, 5.41) is 0. The molecular weight excluding hydrogens is 396 g/mol. The predicted octanol–water partition coefficient (Wildman–Crippen LogP) is 4.70. The van der Waals surface area contributed by atoms with Crippen LogP contribution >= 0.6 is 0 Å². The van der Waals surface area contributed by atoms with Crippen molar-refractivity contribution < 1.29 is 13.2 Å². The van der Waals surface area contributed by atoms with Gasteiger partial charge in [-0.1, -0.05) is 35.9 Å². The van der Waals surface area contributed by atoms with E-state index in [0.717, 1.165) is 22.4 Å². The van der Waals surface area contributed by atoms with Crippen LogP contribution in [0.25, 0.3) is 0 Å². The smallest absolute Gasteiger partial charge is 0.261 e. The molecule has 0 saturated heterocycles. The fourth-order valence-electron chi connectivity index (χ4n) is 3.94. The van der Waals surface area contributed by atoms with Crippen molar-refractivity contribution in [2.24, 2.45) is 0 Å². The highest BCUT2D eigenvalue weighted by Gasteiger charge is 2.32. The summed E-state index contributed by atoms with van der Waals surface area (Å²) in [6.07, 6.45) is 0.612. The number of fused-ring (bicyclic) bond motifs is 1. The normalized spacial score (nSPS) is 15.7. The van der Waals surface area contributed by atoms with Crippen LogP contribution in [0, 0.1) is 13.8 Å². The zero-order chi connectivity index (χ0) is 21.5. The summed E-state index contributed by atoms with van der Waals surface area (Å²) < 4.78 is 28.6. The maximum atomic E-state index is 13.0. The first kappa shape index (κ1) is 20.2. The Kier molecular flexibility index (Phi) is 5.12. The van der Waals surface area contributed by atoms with E-state index >= 15 is 0 Å². The molecule has 6 heteroatoms. The van der Waals surface area contributed by atoms with Crippen LogP contribution in [0.1, 0.15) is 34.0 Å². The van der Waals surface area contributed by atoms with E-state index in [1.165, 1.54) is 0 Å². The van der Waals surface area contributed by atoms with Gasteiger partial charge in [-0.25, -0.2) is 8.42 Å². The number of sulfonamides is 1. The van der Waals surface area contributed by atoms with E-state index < -0.39 is 10.0 Å². The lowest BCUT2D eigenvalue weighted by Crippen LogP contribution is -2.35. The van der Waals surface area contributed by atoms with Crippen molar-refractivity contribution >= 4 is 27.3 Å². The third-order valence-corrected chi connectivity index (χ3v) is 6.81. The summed E-state index contributed by atoms with van der Waals surface area (Å²) in [6, 6.07) is 19.7. The highest BCUT2D eigenvalue weighted by atomic mass is 32.2. The Bertz CT molecular complexity index is 1220. The number of amides is 1. The summed E-state index contributed by atoms with van der Waals surface area (Å²) in [5.74, 6) is -0.0779. The van der Waals surface area contributed by atoms with E-state index in [2.05, 4.69) is 4.72 Å². The third-order valence-electron chi connectivity index (χ3n) is 5.44. The molecule has 1 N–H and O–H groups in total.